The van der Waals surface area contributed by atoms with Crippen LogP contribution in [-0.2, 0) is 42.9 Å². The molecule has 0 spiro atoms. The highest BCUT2D eigenvalue weighted by molar-refractivity contribution is 6.31. The van der Waals surface area contributed by atoms with Gasteiger partial charge in [0.25, 0.3) is 0 Å². The Hall–Kier alpha value is -2.95. The fourth-order valence-corrected chi connectivity index (χ4v) is 4.54. The molecular formula is C36H54ClNO9. The molecule has 2 rings (SSSR count). The molecule has 0 aliphatic carbocycles. The third kappa shape index (κ3) is 11.3. The molecule has 10 nitrogen and oxygen atoms in total. The van der Waals surface area contributed by atoms with E-state index in [2.05, 4.69) is 11.9 Å². The first-order valence-corrected chi connectivity index (χ1v) is 16.3. The van der Waals surface area contributed by atoms with Crippen molar-refractivity contribution in [2.24, 2.45) is 21.7 Å². The molecule has 0 amide bonds. The van der Waals surface area contributed by atoms with Gasteiger partial charge >= 0.3 is 23.9 Å². The SMILES string of the molecule is C=CC[C@H](N[C@@H]1O[C@H](COC(=O)C(C)(C)C)[C@H](OC(=O)C(C)(C)C)[C@H](OC(=O)C(C)(C)C)[C@H]1OC(=O)C(C)(C)C)c1ccccc1Cl. The maximum Gasteiger partial charge on any atom is 0.311 e. The van der Waals surface area contributed by atoms with E-state index in [1.165, 1.54) is 0 Å². The monoisotopic (exact) mass is 679 g/mol. The maximum atomic E-state index is 13.5. The summed E-state index contributed by atoms with van der Waals surface area (Å²) in [6.45, 7) is 23.8. The molecule has 47 heavy (non-hydrogen) atoms. The first-order chi connectivity index (χ1) is 21.4. The van der Waals surface area contributed by atoms with Gasteiger partial charge in [-0.1, -0.05) is 35.9 Å². The Morgan fingerprint density at radius 2 is 1.21 bits per heavy atom. The minimum atomic E-state index is -1.36. The van der Waals surface area contributed by atoms with E-state index in [4.69, 9.17) is 35.3 Å². The quantitative estimate of drug-likeness (QED) is 0.161. The minimum Gasteiger partial charge on any atom is -0.462 e. The Bertz CT molecular complexity index is 1280. The Balaban J connectivity index is 2.79. The van der Waals surface area contributed by atoms with Gasteiger partial charge in [-0.25, -0.2) is 0 Å². The van der Waals surface area contributed by atoms with E-state index in [0.717, 1.165) is 5.56 Å². The van der Waals surface area contributed by atoms with E-state index in [1.807, 2.05) is 12.1 Å². The molecule has 11 heteroatoms. The largest absolute Gasteiger partial charge is 0.462 e. The van der Waals surface area contributed by atoms with Gasteiger partial charge in [0.2, 0.25) is 0 Å². The molecule has 0 unspecified atom stereocenters. The van der Waals surface area contributed by atoms with Gasteiger partial charge < -0.3 is 23.7 Å². The number of hydrogen-bond acceptors (Lipinski definition) is 10. The van der Waals surface area contributed by atoms with Gasteiger partial charge in [0.05, 0.1) is 21.7 Å². The molecule has 0 radical (unpaired) electrons. The Morgan fingerprint density at radius 3 is 1.66 bits per heavy atom. The first-order valence-electron chi connectivity index (χ1n) is 15.9. The number of carbonyl (C=O) groups excluding carboxylic acids is 4. The van der Waals surface area contributed by atoms with E-state index >= 15 is 0 Å². The van der Waals surface area contributed by atoms with E-state index in [0.29, 0.717) is 11.4 Å². The lowest BCUT2D eigenvalue weighted by Gasteiger charge is -2.47. The number of rotatable bonds is 10. The fraction of sp³-hybridized carbons (Fsp3) is 0.667. The molecule has 0 saturated carbocycles. The number of ether oxygens (including phenoxy) is 5. The van der Waals surface area contributed by atoms with Crippen molar-refractivity contribution < 1.29 is 42.9 Å². The van der Waals surface area contributed by atoms with Crippen molar-refractivity contribution in [3.05, 3.63) is 47.5 Å². The van der Waals surface area contributed by atoms with Crippen molar-refractivity contribution in [3.63, 3.8) is 0 Å². The van der Waals surface area contributed by atoms with Crippen molar-refractivity contribution in [3.8, 4) is 0 Å². The van der Waals surface area contributed by atoms with E-state index in [9.17, 15) is 19.2 Å². The zero-order chi connectivity index (χ0) is 36.1. The lowest BCUT2D eigenvalue weighted by Crippen LogP contribution is -2.66. The molecular weight excluding hydrogens is 626 g/mol. The van der Waals surface area contributed by atoms with Gasteiger partial charge in [-0.3, -0.25) is 24.5 Å². The van der Waals surface area contributed by atoms with Crippen molar-refractivity contribution >= 4 is 35.5 Å². The van der Waals surface area contributed by atoms with Gasteiger partial charge in [-0.15, -0.1) is 6.58 Å². The van der Waals surface area contributed by atoms with E-state index < -0.39 is 82.2 Å². The average molecular weight is 680 g/mol. The van der Waals surface area contributed by atoms with Crippen LogP contribution in [0.5, 0.6) is 0 Å². The molecule has 6 atom stereocenters. The predicted molar refractivity (Wildman–Crippen MR) is 179 cm³/mol. The third-order valence-corrected chi connectivity index (χ3v) is 7.58. The molecule has 1 N–H and O–H groups in total. The van der Waals surface area contributed by atoms with Crippen LogP contribution in [0.1, 0.15) is 101 Å². The van der Waals surface area contributed by atoms with Crippen LogP contribution in [0.15, 0.2) is 36.9 Å². The number of halogens is 1. The molecule has 0 bridgehead atoms. The van der Waals surface area contributed by atoms with Crippen LogP contribution in [0.25, 0.3) is 0 Å². The second-order valence-corrected chi connectivity index (χ2v) is 16.5. The average Bonchev–Trinajstić information content (AvgIpc) is 2.92. The summed E-state index contributed by atoms with van der Waals surface area (Å²) in [5.41, 5.74) is -3.01. The summed E-state index contributed by atoms with van der Waals surface area (Å²) >= 11 is 6.59. The summed E-state index contributed by atoms with van der Waals surface area (Å²) in [5, 5.41) is 3.87. The van der Waals surface area contributed by atoms with Gasteiger partial charge in [-0.2, -0.15) is 0 Å². The van der Waals surface area contributed by atoms with Gasteiger partial charge in [-0.05, 0) is 101 Å². The van der Waals surface area contributed by atoms with Crippen molar-refractivity contribution in [1.82, 2.24) is 5.32 Å². The molecule has 1 aliphatic heterocycles. The molecule has 1 aromatic carbocycles. The third-order valence-electron chi connectivity index (χ3n) is 7.24. The zero-order valence-electron chi connectivity index (χ0n) is 30.0. The zero-order valence-corrected chi connectivity index (χ0v) is 30.8. The molecule has 1 fully saturated rings. The van der Waals surface area contributed by atoms with Crippen LogP contribution >= 0.6 is 11.6 Å². The maximum absolute atomic E-state index is 13.5. The van der Waals surface area contributed by atoms with Crippen LogP contribution in [-0.4, -0.2) is 61.1 Å². The summed E-state index contributed by atoms with van der Waals surface area (Å²) in [6, 6.07) is 6.74. The normalized spacial score (nSPS) is 22.9. The van der Waals surface area contributed by atoms with Crippen LogP contribution in [0.2, 0.25) is 5.02 Å². The summed E-state index contributed by atoms with van der Waals surface area (Å²) in [6.07, 6.45) is -4.19. The van der Waals surface area contributed by atoms with Crippen LogP contribution < -0.4 is 5.32 Å². The molecule has 264 valence electrons. The standard InChI is InChI=1S/C36H54ClNO9/c1-14-17-23(21-18-15-16-19-22(21)37)38-28-27(47-32(42)36(11,12)13)26(46-31(41)35(8,9)10)25(45-30(40)34(5,6)7)24(44-28)20-43-29(39)33(2,3)4/h14-16,18-19,23-28,38H,1,17,20H2,2-13H3/t23-,24+,25-,26-,27+,28+/m0/s1. The van der Waals surface area contributed by atoms with Crippen LogP contribution in [0.3, 0.4) is 0 Å². The highest BCUT2D eigenvalue weighted by atomic mass is 35.5. The highest BCUT2D eigenvalue weighted by Gasteiger charge is 2.55. The lowest BCUT2D eigenvalue weighted by molar-refractivity contribution is -0.266. The van der Waals surface area contributed by atoms with E-state index in [-0.39, 0.29) is 6.61 Å². The first kappa shape index (κ1) is 40.2. The number of hydrogen-bond donors (Lipinski definition) is 1. The van der Waals surface area contributed by atoms with Crippen molar-refractivity contribution in [2.75, 3.05) is 6.61 Å². The van der Waals surface area contributed by atoms with Gasteiger partial charge in [0, 0.05) is 11.1 Å². The second kappa shape index (κ2) is 15.5. The van der Waals surface area contributed by atoms with Gasteiger partial charge in [0.15, 0.2) is 24.5 Å². The number of esters is 4. The van der Waals surface area contributed by atoms with Crippen molar-refractivity contribution in [2.45, 2.75) is 126 Å². The van der Waals surface area contributed by atoms with Crippen LogP contribution in [0.4, 0.5) is 0 Å². The van der Waals surface area contributed by atoms with Crippen LogP contribution in [0, 0.1) is 21.7 Å². The van der Waals surface area contributed by atoms with Gasteiger partial charge in [0.1, 0.15) is 12.7 Å². The second-order valence-electron chi connectivity index (χ2n) is 16.1. The van der Waals surface area contributed by atoms with Crippen molar-refractivity contribution in [1.29, 1.82) is 0 Å². The van der Waals surface area contributed by atoms with E-state index in [1.54, 1.807) is 101 Å². The lowest BCUT2D eigenvalue weighted by atomic mass is 9.92. The summed E-state index contributed by atoms with van der Waals surface area (Å²) in [4.78, 5) is 53.3. The number of benzene rings is 1. The summed E-state index contributed by atoms with van der Waals surface area (Å²) in [5.74, 6) is -2.37. The topological polar surface area (TPSA) is 126 Å². The smallest absolute Gasteiger partial charge is 0.311 e. The molecule has 1 aromatic rings. The number of carbonyl (C=O) groups is 4. The Kier molecular flexibility index (Phi) is 13.3. The molecule has 0 aromatic heterocycles. The summed E-state index contributed by atoms with van der Waals surface area (Å²) < 4.78 is 30.4. The molecule has 1 heterocycles. The number of nitrogens with one attached hydrogen (secondary N) is 1. The predicted octanol–water partition coefficient (Wildman–Crippen LogP) is 6.73. The highest BCUT2D eigenvalue weighted by Crippen LogP contribution is 2.35. The molecule has 1 aliphatic rings. The minimum absolute atomic E-state index is 0.349. The Labute approximate surface area is 285 Å². The fourth-order valence-electron chi connectivity index (χ4n) is 4.27. The summed E-state index contributed by atoms with van der Waals surface area (Å²) in [7, 11) is 0. The Morgan fingerprint density at radius 1 is 0.766 bits per heavy atom. The molecule has 1 saturated heterocycles.